The maximum absolute atomic E-state index is 12.9. The van der Waals surface area contributed by atoms with Crippen molar-refractivity contribution < 1.29 is 4.79 Å². The highest BCUT2D eigenvalue weighted by Crippen LogP contribution is 2.27. The fraction of sp³-hybridized carbons (Fsp3) is 0.211. The summed E-state index contributed by atoms with van der Waals surface area (Å²) < 4.78 is 3.35. The van der Waals surface area contributed by atoms with Crippen LogP contribution in [-0.4, -0.2) is 10.4 Å². The molecule has 0 fully saturated rings. The summed E-state index contributed by atoms with van der Waals surface area (Å²) in [6, 6.07) is 16.3. The number of rotatable bonds is 4. The summed E-state index contributed by atoms with van der Waals surface area (Å²) in [7, 11) is 0. The summed E-state index contributed by atoms with van der Waals surface area (Å²) in [4.78, 5) is 12.9. The average molecular weight is 403 g/mol. The zero-order chi connectivity index (χ0) is 15.7. The molecule has 0 aliphatic heterocycles. The van der Waals surface area contributed by atoms with Crippen LogP contribution in [0, 0.1) is 3.57 Å². The van der Waals surface area contributed by atoms with Crippen LogP contribution in [0.1, 0.15) is 42.2 Å². The van der Waals surface area contributed by atoms with Crippen molar-refractivity contribution in [2.24, 2.45) is 0 Å². The highest BCUT2D eigenvalue weighted by atomic mass is 127. The van der Waals surface area contributed by atoms with E-state index in [1.807, 2.05) is 48.7 Å². The highest BCUT2D eigenvalue weighted by Gasteiger charge is 2.18. The second-order valence-corrected chi connectivity index (χ2v) is 6.81. The number of fused-ring (bicyclic) bond motifs is 1. The minimum atomic E-state index is 0.0923. The van der Waals surface area contributed by atoms with Gasteiger partial charge < -0.3 is 4.57 Å². The Balaban J connectivity index is 2.14. The number of halogens is 1. The molecule has 112 valence electrons. The molecule has 2 nitrogen and oxygen atoms in total. The van der Waals surface area contributed by atoms with Crippen LogP contribution in [0.25, 0.3) is 10.9 Å². The van der Waals surface area contributed by atoms with Crippen LogP contribution in [0.5, 0.6) is 0 Å². The van der Waals surface area contributed by atoms with E-state index in [1.54, 1.807) is 0 Å². The second kappa shape index (κ2) is 6.24. The van der Waals surface area contributed by atoms with Crippen molar-refractivity contribution in [3.8, 4) is 0 Å². The molecule has 0 aliphatic carbocycles. The predicted octanol–water partition coefficient (Wildman–Crippen LogP) is 5.45. The van der Waals surface area contributed by atoms with E-state index in [4.69, 9.17) is 0 Å². The number of ketones is 1. The zero-order valence-corrected chi connectivity index (χ0v) is 14.9. The first kappa shape index (κ1) is 15.3. The smallest absolute Gasteiger partial charge is 0.195 e. The lowest BCUT2D eigenvalue weighted by molar-refractivity contribution is 0.104. The van der Waals surface area contributed by atoms with Crippen LogP contribution in [0.4, 0.5) is 0 Å². The quantitative estimate of drug-likeness (QED) is 0.420. The van der Waals surface area contributed by atoms with Gasteiger partial charge in [0, 0.05) is 37.8 Å². The van der Waals surface area contributed by atoms with Crippen molar-refractivity contribution >= 4 is 39.3 Å². The van der Waals surface area contributed by atoms with Gasteiger partial charge in [-0.05, 0) is 66.3 Å². The van der Waals surface area contributed by atoms with Crippen LogP contribution in [-0.2, 0) is 0 Å². The number of nitrogens with zero attached hydrogens (tertiary/aromatic N) is 1. The minimum absolute atomic E-state index is 0.0923. The molecule has 1 aromatic heterocycles. The molecule has 1 atom stereocenters. The van der Waals surface area contributed by atoms with E-state index in [9.17, 15) is 4.79 Å². The Morgan fingerprint density at radius 3 is 2.50 bits per heavy atom. The van der Waals surface area contributed by atoms with Gasteiger partial charge >= 0.3 is 0 Å². The Hall–Kier alpha value is -1.62. The number of benzene rings is 2. The first-order valence-electron chi connectivity index (χ1n) is 7.51. The SMILES string of the molecule is CCC(C)n1cc(C(=O)c2ccc(I)cc2)c2ccccc21. The molecule has 0 aliphatic rings. The lowest BCUT2D eigenvalue weighted by Gasteiger charge is -2.12. The Labute approximate surface area is 144 Å². The third-order valence-corrected chi connectivity index (χ3v) is 4.88. The largest absolute Gasteiger partial charge is 0.344 e. The average Bonchev–Trinajstić information content (AvgIpc) is 2.94. The molecule has 0 bridgehead atoms. The predicted molar refractivity (Wildman–Crippen MR) is 99.5 cm³/mol. The molecular formula is C19H18INO. The molecule has 0 spiro atoms. The van der Waals surface area contributed by atoms with E-state index >= 15 is 0 Å². The molecule has 1 unspecified atom stereocenters. The fourth-order valence-corrected chi connectivity index (χ4v) is 3.06. The third-order valence-electron chi connectivity index (χ3n) is 4.16. The molecule has 22 heavy (non-hydrogen) atoms. The molecule has 0 radical (unpaired) electrons. The van der Waals surface area contributed by atoms with Gasteiger partial charge in [0.25, 0.3) is 0 Å². The van der Waals surface area contributed by atoms with E-state index in [2.05, 4.69) is 47.1 Å². The maximum atomic E-state index is 12.9. The standard InChI is InChI=1S/C19H18INO/c1-3-13(2)21-12-17(16-6-4-5-7-18(16)21)19(22)14-8-10-15(20)11-9-14/h4-13H,3H2,1-2H3. The van der Waals surface area contributed by atoms with Crippen LogP contribution in [0.3, 0.4) is 0 Å². The van der Waals surface area contributed by atoms with E-state index in [-0.39, 0.29) is 5.78 Å². The summed E-state index contributed by atoms with van der Waals surface area (Å²) in [5, 5.41) is 1.03. The molecule has 2 aromatic carbocycles. The van der Waals surface area contributed by atoms with E-state index < -0.39 is 0 Å². The molecular weight excluding hydrogens is 385 g/mol. The van der Waals surface area contributed by atoms with Gasteiger partial charge in [0.2, 0.25) is 0 Å². The summed E-state index contributed by atoms with van der Waals surface area (Å²) in [6.45, 7) is 4.35. The summed E-state index contributed by atoms with van der Waals surface area (Å²) in [5.74, 6) is 0.0923. The summed E-state index contributed by atoms with van der Waals surface area (Å²) in [5.41, 5.74) is 2.66. The third kappa shape index (κ3) is 2.70. The lowest BCUT2D eigenvalue weighted by Crippen LogP contribution is -2.03. The molecule has 3 aromatic rings. The monoisotopic (exact) mass is 403 g/mol. The Kier molecular flexibility index (Phi) is 4.34. The summed E-state index contributed by atoms with van der Waals surface area (Å²) in [6.07, 6.45) is 3.05. The van der Waals surface area contributed by atoms with Crippen LogP contribution >= 0.6 is 22.6 Å². The van der Waals surface area contributed by atoms with Crippen molar-refractivity contribution in [2.75, 3.05) is 0 Å². The molecule has 0 amide bonds. The second-order valence-electron chi connectivity index (χ2n) is 5.56. The first-order valence-corrected chi connectivity index (χ1v) is 8.59. The van der Waals surface area contributed by atoms with Crippen LogP contribution in [0.2, 0.25) is 0 Å². The number of hydrogen-bond donors (Lipinski definition) is 0. The molecule has 3 rings (SSSR count). The van der Waals surface area contributed by atoms with Gasteiger partial charge in [-0.2, -0.15) is 0 Å². The topological polar surface area (TPSA) is 22.0 Å². The van der Waals surface area contributed by atoms with Crippen LogP contribution in [0.15, 0.2) is 54.7 Å². The number of carbonyl (C=O) groups is 1. The van der Waals surface area contributed by atoms with E-state index in [0.29, 0.717) is 6.04 Å². The fourth-order valence-electron chi connectivity index (χ4n) is 2.70. The lowest BCUT2D eigenvalue weighted by atomic mass is 10.0. The van der Waals surface area contributed by atoms with Gasteiger partial charge in [-0.15, -0.1) is 0 Å². The molecule has 0 saturated heterocycles. The van der Waals surface area contributed by atoms with Crippen molar-refractivity contribution in [3.63, 3.8) is 0 Å². The molecule has 3 heteroatoms. The van der Waals surface area contributed by atoms with E-state index in [1.165, 1.54) is 0 Å². The Bertz CT molecular complexity index is 817. The Morgan fingerprint density at radius 2 is 1.82 bits per heavy atom. The van der Waals surface area contributed by atoms with Crippen LogP contribution < -0.4 is 0 Å². The number of aromatic nitrogens is 1. The molecule has 1 heterocycles. The van der Waals surface area contributed by atoms with Crippen molar-refractivity contribution in [1.29, 1.82) is 0 Å². The Morgan fingerprint density at radius 1 is 1.14 bits per heavy atom. The molecule has 0 saturated carbocycles. The number of carbonyl (C=O) groups excluding carboxylic acids is 1. The van der Waals surface area contributed by atoms with Gasteiger partial charge in [-0.1, -0.05) is 25.1 Å². The minimum Gasteiger partial charge on any atom is -0.344 e. The highest BCUT2D eigenvalue weighted by molar-refractivity contribution is 14.1. The van der Waals surface area contributed by atoms with Crippen molar-refractivity contribution in [3.05, 3.63) is 69.4 Å². The van der Waals surface area contributed by atoms with E-state index in [0.717, 1.165) is 32.0 Å². The van der Waals surface area contributed by atoms with Gasteiger partial charge in [0.05, 0.1) is 0 Å². The van der Waals surface area contributed by atoms with Crippen molar-refractivity contribution in [2.45, 2.75) is 26.3 Å². The molecule has 0 N–H and O–H groups in total. The normalized spacial score (nSPS) is 12.5. The first-order chi connectivity index (χ1) is 10.6. The van der Waals surface area contributed by atoms with Gasteiger partial charge in [-0.3, -0.25) is 4.79 Å². The van der Waals surface area contributed by atoms with Crippen molar-refractivity contribution in [1.82, 2.24) is 4.57 Å². The number of hydrogen-bond acceptors (Lipinski definition) is 1. The number of para-hydroxylation sites is 1. The summed E-state index contributed by atoms with van der Waals surface area (Å²) >= 11 is 2.25. The van der Waals surface area contributed by atoms with Gasteiger partial charge in [0.15, 0.2) is 5.78 Å². The maximum Gasteiger partial charge on any atom is 0.195 e. The van der Waals surface area contributed by atoms with Gasteiger partial charge in [0.1, 0.15) is 0 Å². The zero-order valence-electron chi connectivity index (χ0n) is 12.7. The van der Waals surface area contributed by atoms with Gasteiger partial charge in [-0.25, -0.2) is 0 Å².